The number of nitrogens with zero attached hydrogens (tertiary/aromatic N) is 4. The van der Waals surface area contributed by atoms with Crippen molar-refractivity contribution in [1.82, 2.24) is 10.2 Å². The highest BCUT2D eigenvalue weighted by Crippen LogP contribution is 2.34. The van der Waals surface area contributed by atoms with E-state index in [0.717, 1.165) is 20.4 Å². The van der Waals surface area contributed by atoms with Gasteiger partial charge in [-0.1, -0.05) is 47.4 Å². The Balaban J connectivity index is 1.58. The van der Waals surface area contributed by atoms with Gasteiger partial charge in [0.1, 0.15) is 11.2 Å². The molecule has 0 fully saturated rings. The van der Waals surface area contributed by atoms with Gasteiger partial charge in [0.2, 0.25) is 5.91 Å². The van der Waals surface area contributed by atoms with Gasteiger partial charge in [0.15, 0.2) is 4.34 Å². The van der Waals surface area contributed by atoms with Crippen molar-refractivity contribution in [2.24, 2.45) is 5.10 Å². The summed E-state index contributed by atoms with van der Waals surface area (Å²) >= 11 is 2.87. The maximum Gasteiger partial charge on any atom is 0.271 e. The Hall–Kier alpha value is -3.04. The quantitative estimate of drug-likeness (QED) is 0.638. The number of hydrogen-bond donors (Lipinski definition) is 1. The molecule has 0 atom stereocenters. The third-order valence-electron chi connectivity index (χ3n) is 4.56. The fourth-order valence-corrected chi connectivity index (χ4v) is 4.53. The molecule has 0 radical (unpaired) electrons. The van der Waals surface area contributed by atoms with Gasteiger partial charge in [0.05, 0.1) is 11.4 Å². The van der Waals surface area contributed by atoms with Gasteiger partial charge in [0.25, 0.3) is 5.91 Å². The molecular weight excluding hydrogens is 418 g/mol. The van der Waals surface area contributed by atoms with E-state index in [4.69, 9.17) is 0 Å². The van der Waals surface area contributed by atoms with Crippen LogP contribution in [0.1, 0.15) is 24.0 Å². The normalized spacial score (nSPS) is 13.9. The lowest BCUT2D eigenvalue weighted by Gasteiger charge is -2.25. The number of rotatable bonds is 5. The summed E-state index contributed by atoms with van der Waals surface area (Å²) in [6.45, 7) is 3.88. The fraction of sp³-hybridized carbons (Fsp3) is 0.190. The largest absolute Gasteiger partial charge is 0.320 e. The second-order valence-corrected chi connectivity index (χ2v) is 8.92. The van der Waals surface area contributed by atoms with Crippen molar-refractivity contribution in [3.05, 3.63) is 59.1 Å². The van der Waals surface area contributed by atoms with E-state index in [-0.39, 0.29) is 18.2 Å². The predicted octanol–water partition coefficient (Wildman–Crippen LogP) is 4.43. The van der Waals surface area contributed by atoms with Gasteiger partial charge in [-0.15, -0.1) is 10.2 Å². The van der Waals surface area contributed by atoms with E-state index < -0.39 is 0 Å². The Morgan fingerprint density at radius 1 is 1.17 bits per heavy atom. The van der Waals surface area contributed by atoms with Crippen LogP contribution < -0.4 is 10.3 Å². The smallest absolute Gasteiger partial charge is 0.271 e. The van der Waals surface area contributed by atoms with Crippen LogP contribution in [-0.4, -0.2) is 27.7 Å². The van der Waals surface area contributed by atoms with Crippen molar-refractivity contribution >= 4 is 52.0 Å². The molecule has 3 aromatic rings. The summed E-state index contributed by atoms with van der Waals surface area (Å²) in [5, 5.41) is 16.6. The minimum atomic E-state index is -0.317. The molecule has 1 aliphatic rings. The molecule has 2 amide bonds. The molecule has 0 bridgehead atoms. The summed E-state index contributed by atoms with van der Waals surface area (Å²) in [6.07, 6.45) is 0.540. The lowest BCUT2D eigenvalue weighted by Crippen LogP contribution is -2.36. The molecule has 30 heavy (non-hydrogen) atoms. The molecule has 0 aliphatic carbocycles. The van der Waals surface area contributed by atoms with Crippen LogP contribution in [0, 0.1) is 13.8 Å². The van der Waals surface area contributed by atoms with Gasteiger partial charge in [0, 0.05) is 17.7 Å². The van der Waals surface area contributed by atoms with Crippen molar-refractivity contribution in [3.63, 3.8) is 0 Å². The Morgan fingerprint density at radius 3 is 2.80 bits per heavy atom. The van der Waals surface area contributed by atoms with E-state index >= 15 is 0 Å². The summed E-state index contributed by atoms with van der Waals surface area (Å²) < 4.78 is 0.790. The number of carbonyl (C=O) groups excluding carboxylic acids is 2. The molecule has 0 saturated carbocycles. The Labute approximate surface area is 182 Å². The minimum absolute atomic E-state index is 0.118. The standard InChI is InChI=1S/C21H19N5O2S2/c1-13-7-8-14(2)17(11-13)26-19(27)10-9-16(25-26)20(28)23-15-5-3-4-6-18(15)30-21-24-22-12-29-21/h3-8,11-12H,9-10H2,1-2H3,(H,23,28). The monoisotopic (exact) mass is 437 g/mol. The van der Waals surface area contributed by atoms with E-state index in [1.165, 1.54) is 28.1 Å². The molecule has 9 heteroatoms. The number of amides is 2. The molecule has 0 unspecified atom stereocenters. The van der Waals surface area contributed by atoms with Crippen molar-refractivity contribution in [3.8, 4) is 0 Å². The number of anilines is 2. The van der Waals surface area contributed by atoms with Gasteiger partial charge in [-0.2, -0.15) is 5.10 Å². The first kappa shape index (κ1) is 20.2. The minimum Gasteiger partial charge on any atom is -0.320 e. The van der Waals surface area contributed by atoms with E-state index in [2.05, 4.69) is 20.6 Å². The van der Waals surface area contributed by atoms with Gasteiger partial charge in [-0.25, -0.2) is 5.01 Å². The number of hydrogen-bond acceptors (Lipinski definition) is 7. The highest BCUT2D eigenvalue weighted by Gasteiger charge is 2.27. The lowest BCUT2D eigenvalue weighted by molar-refractivity contribution is -0.118. The number of nitrogens with one attached hydrogen (secondary N) is 1. The third kappa shape index (κ3) is 4.42. The van der Waals surface area contributed by atoms with Crippen LogP contribution in [0.4, 0.5) is 11.4 Å². The predicted molar refractivity (Wildman–Crippen MR) is 119 cm³/mol. The van der Waals surface area contributed by atoms with Crippen LogP contribution in [0.25, 0.3) is 0 Å². The average molecular weight is 438 g/mol. The highest BCUT2D eigenvalue weighted by atomic mass is 32.2. The molecule has 2 heterocycles. The summed E-state index contributed by atoms with van der Waals surface area (Å²) in [5.74, 6) is -0.435. The molecule has 4 rings (SSSR count). The maximum absolute atomic E-state index is 12.9. The van der Waals surface area contributed by atoms with Crippen LogP contribution in [0.2, 0.25) is 0 Å². The second kappa shape index (κ2) is 8.76. The Morgan fingerprint density at radius 2 is 2.00 bits per heavy atom. The van der Waals surface area contributed by atoms with Crippen molar-refractivity contribution in [2.45, 2.75) is 35.9 Å². The number of para-hydroxylation sites is 1. The molecule has 1 N–H and O–H groups in total. The van der Waals surface area contributed by atoms with E-state index in [0.29, 0.717) is 23.5 Å². The number of aromatic nitrogens is 2. The molecule has 152 valence electrons. The van der Waals surface area contributed by atoms with E-state index in [1.807, 2.05) is 56.3 Å². The number of aryl methyl sites for hydroxylation is 2. The fourth-order valence-electron chi connectivity index (χ4n) is 3.01. The molecular formula is C21H19N5O2S2. The maximum atomic E-state index is 12.9. The van der Waals surface area contributed by atoms with Crippen molar-refractivity contribution in [1.29, 1.82) is 0 Å². The topological polar surface area (TPSA) is 87.6 Å². The molecule has 2 aromatic carbocycles. The third-order valence-corrected chi connectivity index (χ3v) is 6.41. The summed E-state index contributed by atoms with van der Waals surface area (Å²) in [5.41, 5.74) is 5.32. The van der Waals surface area contributed by atoms with Crippen LogP contribution in [0.5, 0.6) is 0 Å². The van der Waals surface area contributed by atoms with Crippen molar-refractivity contribution < 1.29 is 9.59 Å². The summed E-state index contributed by atoms with van der Waals surface area (Å²) in [7, 11) is 0. The molecule has 7 nitrogen and oxygen atoms in total. The van der Waals surface area contributed by atoms with Gasteiger partial charge in [-0.05, 0) is 43.2 Å². The van der Waals surface area contributed by atoms with Gasteiger partial charge >= 0.3 is 0 Å². The van der Waals surface area contributed by atoms with Gasteiger partial charge < -0.3 is 5.32 Å². The molecule has 1 aliphatic heterocycles. The Bertz CT molecular complexity index is 1130. The molecule has 0 saturated heterocycles. The molecule has 1 aromatic heterocycles. The van der Waals surface area contributed by atoms with Crippen LogP contribution in [0.15, 0.2) is 62.3 Å². The highest BCUT2D eigenvalue weighted by molar-refractivity contribution is 8.01. The number of hydrazone groups is 1. The molecule has 0 spiro atoms. The number of carbonyl (C=O) groups is 2. The van der Waals surface area contributed by atoms with E-state index in [9.17, 15) is 9.59 Å². The van der Waals surface area contributed by atoms with Crippen LogP contribution in [0.3, 0.4) is 0 Å². The van der Waals surface area contributed by atoms with E-state index in [1.54, 1.807) is 5.51 Å². The zero-order chi connectivity index (χ0) is 21.1. The lowest BCUT2D eigenvalue weighted by atomic mass is 10.1. The zero-order valence-corrected chi connectivity index (χ0v) is 18.1. The van der Waals surface area contributed by atoms with Crippen LogP contribution in [-0.2, 0) is 9.59 Å². The SMILES string of the molecule is Cc1ccc(C)c(N2N=C(C(=O)Nc3ccccc3Sc3nncs3)CCC2=O)c1. The average Bonchev–Trinajstić information content (AvgIpc) is 3.25. The van der Waals surface area contributed by atoms with Crippen LogP contribution >= 0.6 is 23.1 Å². The van der Waals surface area contributed by atoms with Crippen molar-refractivity contribution in [2.75, 3.05) is 10.3 Å². The Kier molecular flexibility index (Phi) is 5.91. The first-order valence-corrected chi connectivity index (χ1v) is 11.0. The zero-order valence-electron chi connectivity index (χ0n) is 16.5. The second-order valence-electron chi connectivity index (χ2n) is 6.80. The summed E-state index contributed by atoms with van der Waals surface area (Å²) in [4.78, 5) is 26.3. The first-order valence-electron chi connectivity index (χ1n) is 9.33. The number of benzene rings is 2. The van der Waals surface area contributed by atoms with Gasteiger partial charge in [-0.3, -0.25) is 9.59 Å². The summed E-state index contributed by atoms with van der Waals surface area (Å²) in [6, 6.07) is 13.3. The first-order chi connectivity index (χ1) is 14.5.